The van der Waals surface area contributed by atoms with E-state index < -0.39 is 6.61 Å². The van der Waals surface area contributed by atoms with Gasteiger partial charge in [-0.1, -0.05) is 35.9 Å². The lowest BCUT2D eigenvalue weighted by molar-refractivity contribution is -0.116. The zero-order chi connectivity index (χ0) is 20.1. The normalized spacial score (nSPS) is 10.9. The molecule has 0 aliphatic carbocycles. The maximum absolute atomic E-state index is 12.5. The van der Waals surface area contributed by atoms with Gasteiger partial charge in [0.25, 0.3) is 0 Å². The third-order valence-corrected chi connectivity index (χ3v) is 4.29. The number of H-pyrrole nitrogens is 1. The summed E-state index contributed by atoms with van der Waals surface area (Å²) in [7, 11) is 0. The predicted octanol–water partition coefficient (Wildman–Crippen LogP) is 4.55. The molecule has 1 amide bonds. The number of alkyl halides is 2. The van der Waals surface area contributed by atoms with E-state index in [1.807, 2.05) is 31.2 Å². The molecule has 9 heteroatoms. The summed E-state index contributed by atoms with van der Waals surface area (Å²) in [5.74, 6) is 0.178. The van der Waals surface area contributed by atoms with E-state index in [2.05, 4.69) is 20.3 Å². The van der Waals surface area contributed by atoms with Gasteiger partial charge in [0, 0.05) is 18.5 Å². The minimum Gasteiger partial charge on any atom is -0.433 e. The molecule has 1 aromatic heterocycles. The highest BCUT2D eigenvalue weighted by Gasteiger charge is 2.14. The first-order valence-corrected chi connectivity index (χ1v) is 8.91. The molecule has 0 aliphatic heterocycles. The summed E-state index contributed by atoms with van der Waals surface area (Å²) in [5.41, 5.74) is 2.14. The van der Waals surface area contributed by atoms with Gasteiger partial charge in [0.2, 0.25) is 5.91 Å². The molecule has 0 saturated carbocycles. The Hall–Kier alpha value is -3.07. The Kier molecular flexibility index (Phi) is 6.15. The Morgan fingerprint density at radius 1 is 1.29 bits per heavy atom. The number of nitrogens with zero attached hydrogens (tertiary/aromatic N) is 2. The third-order valence-electron chi connectivity index (χ3n) is 3.97. The number of amides is 1. The summed E-state index contributed by atoms with van der Waals surface area (Å²) in [6, 6.07) is 13.8. The van der Waals surface area contributed by atoms with Gasteiger partial charge in [-0.15, -0.1) is 0 Å². The molecule has 0 saturated heterocycles. The van der Waals surface area contributed by atoms with Crippen LogP contribution in [0.3, 0.4) is 0 Å². The van der Waals surface area contributed by atoms with E-state index in [1.165, 1.54) is 12.1 Å². The summed E-state index contributed by atoms with van der Waals surface area (Å²) in [6.07, 6.45) is 0.0790. The molecule has 2 N–H and O–H groups in total. The Morgan fingerprint density at radius 3 is 2.82 bits per heavy atom. The topological polar surface area (TPSA) is 71.9 Å². The summed E-state index contributed by atoms with van der Waals surface area (Å²) < 4.78 is 31.5. The summed E-state index contributed by atoms with van der Waals surface area (Å²) in [4.78, 5) is 12.3. The number of carbonyl (C=O) groups is 1. The lowest BCUT2D eigenvalue weighted by Gasteiger charge is -2.12. The SMILES string of the molecule is Cc1cccc(-c2n[nH]c(=S)n2CCC(=O)Nc2ccccc2OC(F)F)c1. The van der Waals surface area contributed by atoms with Gasteiger partial charge in [0.15, 0.2) is 10.6 Å². The van der Waals surface area contributed by atoms with Crippen LogP contribution in [0.1, 0.15) is 12.0 Å². The molecule has 146 valence electrons. The summed E-state index contributed by atoms with van der Waals surface area (Å²) >= 11 is 5.27. The molecule has 0 spiro atoms. The van der Waals surface area contributed by atoms with Crippen LogP contribution >= 0.6 is 12.2 Å². The van der Waals surface area contributed by atoms with Gasteiger partial charge < -0.3 is 10.1 Å². The van der Waals surface area contributed by atoms with Gasteiger partial charge >= 0.3 is 6.61 Å². The average molecular weight is 404 g/mol. The quantitative estimate of drug-likeness (QED) is 0.567. The second kappa shape index (κ2) is 8.75. The first-order valence-electron chi connectivity index (χ1n) is 8.50. The van der Waals surface area contributed by atoms with Crippen molar-refractivity contribution in [2.24, 2.45) is 0 Å². The lowest BCUT2D eigenvalue weighted by Crippen LogP contribution is -2.16. The van der Waals surface area contributed by atoms with Crippen molar-refractivity contribution in [3.8, 4) is 17.1 Å². The fraction of sp³-hybridized carbons (Fsp3) is 0.211. The Morgan fingerprint density at radius 2 is 2.07 bits per heavy atom. The molecule has 6 nitrogen and oxygen atoms in total. The van der Waals surface area contributed by atoms with Crippen LogP contribution in [-0.4, -0.2) is 27.3 Å². The van der Waals surface area contributed by atoms with E-state index in [0.717, 1.165) is 11.1 Å². The van der Waals surface area contributed by atoms with Crippen molar-refractivity contribution in [1.82, 2.24) is 14.8 Å². The number of ether oxygens (including phenoxy) is 1. The van der Waals surface area contributed by atoms with Crippen LogP contribution < -0.4 is 10.1 Å². The van der Waals surface area contributed by atoms with Crippen molar-refractivity contribution in [1.29, 1.82) is 0 Å². The van der Waals surface area contributed by atoms with E-state index in [9.17, 15) is 13.6 Å². The zero-order valence-corrected chi connectivity index (χ0v) is 15.8. The molecular weight excluding hydrogens is 386 g/mol. The van der Waals surface area contributed by atoms with Crippen molar-refractivity contribution in [2.45, 2.75) is 26.5 Å². The molecule has 3 aromatic rings. The number of rotatable bonds is 7. The average Bonchev–Trinajstić information content (AvgIpc) is 3.02. The van der Waals surface area contributed by atoms with E-state index in [-0.39, 0.29) is 30.3 Å². The van der Waals surface area contributed by atoms with E-state index in [1.54, 1.807) is 16.7 Å². The lowest BCUT2D eigenvalue weighted by atomic mass is 10.1. The van der Waals surface area contributed by atoms with Crippen molar-refractivity contribution in [3.63, 3.8) is 0 Å². The number of benzene rings is 2. The zero-order valence-electron chi connectivity index (χ0n) is 15.0. The largest absolute Gasteiger partial charge is 0.433 e. The third kappa shape index (κ3) is 4.80. The van der Waals surface area contributed by atoms with Gasteiger partial charge in [-0.3, -0.25) is 14.5 Å². The van der Waals surface area contributed by atoms with Crippen molar-refractivity contribution in [2.75, 3.05) is 5.32 Å². The number of aromatic amines is 1. The monoisotopic (exact) mass is 404 g/mol. The van der Waals surface area contributed by atoms with Gasteiger partial charge in [-0.25, -0.2) is 0 Å². The number of aryl methyl sites for hydroxylation is 1. The van der Waals surface area contributed by atoms with E-state index in [0.29, 0.717) is 10.6 Å². The van der Waals surface area contributed by atoms with Gasteiger partial charge in [-0.2, -0.15) is 13.9 Å². The van der Waals surface area contributed by atoms with Crippen molar-refractivity contribution < 1.29 is 18.3 Å². The minimum absolute atomic E-state index is 0.0790. The number of carbonyl (C=O) groups excluding carboxylic acids is 1. The molecule has 0 unspecified atom stereocenters. The van der Waals surface area contributed by atoms with Crippen LogP contribution in [0, 0.1) is 11.7 Å². The van der Waals surface area contributed by atoms with Gasteiger partial charge in [0.05, 0.1) is 5.69 Å². The second-order valence-corrected chi connectivity index (χ2v) is 6.43. The Labute approximate surface area is 165 Å². The Bertz CT molecular complexity index is 1030. The maximum atomic E-state index is 12.5. The molecule has 1 heterocycles. The number of nitrogens with one attached hydrogen (secondary N) is 2. The van der Waals surface area contributed by atoms with Crippen LogP contribution in [0.2, 0.25) is 0 Å². The smallest absolute Gasteiger partial charge is 0.387 e. The molecule has 3 rings (SSSR count). The number of hydrogen-bond acceptors (Lipinski definition) is 4. The number of hydrogen-bond donors (Lipinski definition) is 2. The highest BCUT2D eigenvalue weighted by molar-refractivity contribution is 7.71. The second-order valence-electron chi connectivity index (χ2n) is 6.05. The van der Waals surface area contributed by atoms with Crippen LogP contribution in [-0.2, 0) is 11.3 Å². The number of aromatic nitrogens is 3. The van der Waals surface area contributed by atoms with Crippen LogP contribution in [0.4, 0.5) is 14.5 Å². The fourth-order valence-electron chi connectivity index (χ4n) is 2.72. The molecule has 0 atom stereocenters. The molecule has 2 aromatic carbocycles. The van der Waals surface area contributed by atoms with Crippen molar-refractivity contribution in [3.05, 3.63) is 58.9 Å². The molecule has 28 heavy (non-hydrogen) atoms. The highest BCUT2D eigenvalue weighted by Crippen LogP contribution is 2.26. The van der Waals surface area contributed by atoms with Crippen LogP contribution in [0.5, 0.6) is 5.75 Å². The minimum atomic E-state index is -2.97. The molecule has 0 radical (unpaired) electrons. The number of halogens is 2. The maximum Gasteiger partial charge on any atom is 0.387 e. The fourth-order valence-corrected chi connectivity index (χ4v) is 2.95. The van der Waals surface area contributed by atoms with Gasteiger partial charge in [-0.05, 0) is 37.3 Å². The first-order chi connectivity index (χ1) is 13.4. The first kappa shape index (κ1) is 19.7. The summed E-state index contributed by atoms with van der Waals surface area (Å²) in [6.45, 7) is -0.719. The van der Waals surface area contributed by atoms with Gasteiger partial charge in [0.1, 0.15) is 5.75 Å². The predicted molar refractivity (Wildman–Crippen MR) is 104 cm³/mol. The Balaban J connectivity index is 1.71. The van der Waals surface area contributed by atoms with Crippen molar-refractivity contribution >= 4 is 23.8 Å². The summed E-state index contributed by atoms with van der Waals surface area (Å²) in [5, 5.41) is 9.58. The number of anilines is 1. The van der Waals surface area contributed by atoms with Crippen LogP contribution in [0.15, 0.2) is 48.5 Å². The number of para-hydroxylation sites is 2. The highest BCUT2D eigenvalue weighted by atomic mass is 32.1. The molecule has 0 aliphatic rings. The van der Waals surface area contributed by atoms with E-state index >= 15 is 0 Å². The van der Waals surface area contributed by atoms with Crippen LogP contribution in [0.25, 0.3) is 11.4 Å². The molecular formula is C19H18F2N4O2S. The molecule has 0 bridgehead atoms. The standard InChI is InChI=1S/C19H18F2N4O2S/c1-12-5-4-6-13(11-12)17-23-24-19(28)25(17)10-9-16(26)22-14-7-2-3-8-15(14)27-18(20)21/h2-8,11,18H,9-10H2,1H3,(H,22,26)(H,24,28). The van der Waals surface area contributed by atoms with E-state index in [4.69, 9.17) is 12.2 Å². The molecule has 0 fully saturated rings.